The maximum absolute atomic E-state index is 15.6. The predicted octanol–water partition coefficient (Wildman–Crippen LogP) is 4.37. The summed E-state index contributed by atoms with van der Waals surface area (Å²) in [5.74, 6) is -7.44. The van der Waals surface area contributed by atoms with Crippen LogP contribution in [0.5, 0.6) is 0 Å². The first-order valence-electron chi connectivity index (χ1n) is 21.4. The van der Waals surface area contributed by atoms with Crippen LogP contribution in [-0.4, -0.2) is 105 Å². The highest BCUT2D eigenvalue weighted by Gasteiger charge is 2.78. The van der Waals surface area contributed by atoms with Gasteiger partial charge in [-0.3, -0.25) is 19.2 Å². The molecule has 340 valence electrons. The van der Waals surface area contributed by atoms with E-state index in [0.717, 1.165) is 6.92 Å². The van der Waals surface area contributed by atoms with E-state index in [9.17, 15) is 39.3 Å². The number of rotatable bonds is 11. The van der Waals surface area contributed by atoms with E-state index in [1.807, 2.05) is 0 Å². The topological polar surface area (TPSA) is 221 Å². The van der Waals surface area contributed by atoms with Crippen LogP contribution in [0, 0.1) is 22.7 Å². The SMILES string of the molecule is CC(=O)O[C@H]1C(=O)[C@@]2(C)C(C(OC(=O)c3ccccc3)[C@]3(O)C[C@H](OC(=O)[C@H](O)[C@@H](NC(=O)c4ccccc4)c4ccccc4)C(C)=C1C3(C)C)[C@]1(OC(=O)C(C)C)CO[C@@H]1C[C@@H]2O. The van der Waals surface area contributed by atoms with Crippen LogP contribution in [0.2, 0.25) is 0 Å². The molecule has 1 saturated heterocycles. The Morgan fingerprint density at radius 1 is 0.828 bits per heavy atom. The molecule has 3 aromatic rings. The minimum Gasteiger partial charge on any atom is -0.456 e. The lowest BCUT2D eigenvalue weighted by molar-refractivity contribution is -0.347. The van der Waals surface area contributed by atoms with E-state index in [4.69, 9.17) is 23.7 Å². The monoisotopic (exact) mass is 881 g/mol. The summed E-state index contributed by atoms with van der Waals surface area (Å²) in [6, 6.07) is 23.0. The van der Waals surface area contributed by atoms with Crippen molar-refractivity contribution in [2.75, 3.05) is 6.61 Å². The Morgan fingerprint density at radius 2 is 1.41 bits per heavy atom. The number of aliphatic hydroxyl groups excluding tert-OH is 2. The standard InChI is InChI=1S/C49H55NO14/c1-26(2)43(56)64-48-25-60-34(48)23-33(52)47(7)39(48)41(63-44(57)31-21-15-10-16-22-31)49(59)24-32(27(3)35(46(49,5)6)38(40(47)54)61-28(4)51)62-45(58)37(53)36(29-17-11-8-12-18-29)50-42(55)30-19-13-9-14-20-30/h8-22,26,32-34,36-39,41,52-53,59H,23-25H2,1-7H3,(H,50,55)/t32-,33-,34+,36-,37+,38+,39?,41?,47+,48-,49+/m0/s1. The fourth-order valence-electron chi connectivity index (χ4n) is 10.2. The number of fused-ring (bicyclic) bond motifs is 5. The number of ketones is 1. The summed E-state index contributed by atoms with van der Waals surface area (Å²) in [5.41, 5.74) is -7.06. The molecule has 1 aliphatic heterocycles. The van der Waals surface area contributed by atoms with Crippen LogP contribution in [0.15, 0.2) is 102 Å². The Kier molecular flexibility index (Phi) is 12.5. The van der Waals surface area contributed by atoms with Gasteiger partial charge in [0.25, 0.3) is 5.91 Å². The van der Waals surface area contributed by atoms with Crippen molar-refractivity contribution >= 4 is 35.6 Å². The lowest BCUT2D eigenvalue weighted by Crippen LogP contribution is -2.82. The third-order valence-corrected chi connectivity index (χ3v) is 13.9. The van der Waals surface area contributed by atoms with Gasteiger partial charge in [-0.05, 0) is 54.8 Å². The fourth-order valence-corrected chi connectivity index (χ4v) is 10.2. The molecule has 4 N–H and O–H groups in total. The fraction of sp³-hybridized carbons (Fsp3) is 0.469. The highest BCUT2D eigenvalue weighted by molar-refractivity contribution is 5.96. The van der Waals surface area contributed by atoms with E-state index in [1.165, 1.54) is 26.0 Å². The number of aliphatic hydroxyl groups is 3. The summed E-state index contributed by atoms with van der Waals surface area (Å²) in [5, 5.41) is 40.5. The number of hydrogen-bond donors (Lipinski definition) is 4. The van der Waals surface area contributed by atoms with Gasteiger partial charge in [-0.1, -0.05) is 94.4 Å². The first-order chi connectivity index (χ1) is 30.2. The van der Waals surface area contributed by atoms with Crippen molar-refractivity contribution < 1.29 is 67.8 Å². The first-order valence-corrected chi connectivity index (χ1v) is 21.4. The molecule has 15 nitrogen and oxygen atoms in total. The van der Waals surface area contributed by atoms with E-state index >= 15 is 4.79 Å². The minimum absolute atomic E-state index is 0.00132. The Bertz CT molecular complexity index is 2330. The first kappa shape index (κ1) is 46.3. The molecular formula is C49H55NO14. The summed E-state index contributed by atoms with van der Waals surface area (Å²) in [7, 11) is 0. The van der Waals surface area contributed by atoms with Gasteiger partial charge in [-0.2, -0.15) is 0 Å². The largest absolute Gasteiger partial charge is 0.456 e. The predicted molar refractivity (Wildman–Crippen MR) is 227 cm³/mol. The summed E-state index contributed by atoms with van der Waals surface area (Å²) in [6.45, 7) is 10.1. The quantitative estimate of drug-likeness (QED) is 0.119. The number of carbonyl (C=O) groups excluding carboxylic acids is 6. The number of hydrogen-bond acceptors (Lipinski definition) is 14. The van der Waals surface area contributed by atoms with E-state index in [2.05, 4.69) is 5.32 Å². The molecule has 7 rings (SSSR count). The Morgan fingerprint density at radius 3 is 1.95 bits per heavy atom. The molecule has 2 saturated carbocycles. The zero-order valence-electron chi connectivity index (χ0n) is 36.8. The van der Waals surface area contributed by atoms with E-state index < -0.39 is 119 Å². The van der Waals surface area contributed by atoms with Crippen molar-refractivity contribution in [1.82, 2.24) is 5.32 Å². The molecule has 64 heavy (non-hydrogen) atoms. The Labute approximate surface area is 371 Å². The Hall–Kier alpha value is -5.74. The number of Topliss-reactive ketones (excluding diaryl/α,β-unsaturated/α-hetero) is 1. The van der Waals surface area contributed by atoms with Crippen LogP contribution in [0.3, 0.4) is 0 Å². The number of esters is 4. The van der Waals surface area contributed by atoms with Crippen LogP contribution in [-0.2, 0) is 42.9 Å². The lowest BCUT2D eigenvalue weighted by atomic mass is 9.44. The van der Waals surface area contributed by atoms with Crippen molar-refractivity contribution in [2.24, 2.45) is 22.7 Å². The van der Waals surface area contributed by atoms with Gasteiger partial charge in [0, 0.05) is 30.7 Å². The average Bonchev–Trinajstić information content (AvgIpc) is 3.26. The van der Waals surface area contributed by atoms with Crippen molar-refractivity contribution in [3.05, 3.63) is 119 Å². The maximum Gasteiger partial charge on any atom is 0.338 e. The number of nitrogens with one attached hydrogen (secondary N) is 1. The molecule has 3 aliphatic carbocycles. The highest BCUT2D eigenvalue weighted by Crippen LogP contribution is 2.64. The molecule has 4 aliphatic rings. The van der Waals surface area contributed by atoms with Crippen LogP contribution in [0.25, 0.3) is 0 Å². The lowest BCUT2D eigenvalue weighted by Gasteiger charge is -2.67. The van der Waals surface area contributed by atoms with Gasteiger partial charge >= 0.3 is 23.9 Å². The third kappa shape index (κ3) is 7.71. The molecule has 1 amide bonds. The number of benzene rings is 3. The molecule has 11 atom stereocenters. The number of amides is 1. The second kappa shape index (κ2) is 17.3. The van der Waals surface area contributed by atoms with Gasteiger partial charge in [0.2, 0.25) is 0 Å². The summed E-state index contributed by atoms with van der Waals surface area (Å²) < 4.78 is 30.7. The summed E-state index contributed by atoms with van der Waals surface area (Å²) >= 11 is 0. The Balaban J connectivity index is 1.40. The van der Waals surface area contributed by atoms with Crippen molar-refractivity contribution in [1.29, 1.82) is 0 Å². The van der Waals surface area contributed by atoms with Crippen LogP contribution in [0.1, 0.15) is 93.6 Å². The molecule has 0 radical (unpaired) electrons. The van der Waals surface area contributed by atoms with Gasteiger partial charge in [0.1, 0.15) is 23.9 Å². The molecule has 15 heteroatoms. The maximum atomic E-state index is 15.6. The van der Waals surface area contributed by atoms with Gasteiger partial charge in [-0.15, -0.1) is 0 Å². The second-order valence-electron chi connectivity index (χ2n) is 18.3. The minimum atomic E-state index is -2.40. The molecule has 0 spiro atoms. The van der Waals surface area contributed by atoms with Gasteiger partial charge < -0.3 is 44.3 Å². The molecule has 0 aromatic heterocycles. The zero-order chi connectivity index (χ0) is 46.5. The molecule has 2 bridgehead atoms. The highest BCUT2D eigenvalue weighted by atomic mass is 16.6. The van der Waals surface area contributed by atoms with Crippen LogP contribution < -0.4 is 5.32 Å². The number of ether oxygens (including phenoxy) is 5. The van der Waals surface area contributed by atoms with Crippen molar-refractivity contribution in [2.45, 2.75) is 115 Å². The molecule has 3 aromatic carbocycles. The second-order valence-corrected chi connectivity index (χ2v) is 18.3. The van der Waals surface area contributed by atoms with Crippen molar-refractivity contribution in [3.63, 3.8) is 0 Å². The summed E-state index contributed by atoms with van der Waals surface area (Å²) in [6.07, 6.45) is -10.6. The van der Waals surface area contributed by atoms with Gasteiger partial charge in [0.15, 0.2) is 23.6 Å². The smallest absolute Gasteiger partial charge is 0.338 e. The average molecular weight is 882 g/mol. The van der Waals surface area contributed by atoms with Gasteiger partial charge in [0.05, 0.1) is 41.6 Å². The van der Waals surface area contributed by atoms with E-state index in [-0.39, 0.29) is 35.3 Å². The number of carbonyl (C=O) groups is 6. The van der Waals surface area contributed by atoms with Gasteiger partial charge in [-0.25, -0.2) is 9.59 Å². The summed E-state index contributed by atoms with van der Waals surface area (Å²) in [4.78, 5) is 84.6. The van der Waals surface area contributed by atoms with E-state index in [0.29, 0.717) is 5.56 Å². The molecule has 1 heterocycles. The molecule has 3 fully saturated rings. The third-order valence-electron chi connectivity index (χ3n) is 13.9. The van der Waals surface area contributed by atoms with Crippen molar-refractivity contribution in [3.8, 4) is 0 Å². The zero-order valence-corrected chi connectivity index (χ0v) is 36.8. The van der Waals surface area contributed by atoms with E-state index in [1.54, 1.807) is 107 Å². The normalized spacial score (nSPS) is 31.3. The molecular weight excluding hydrogens is 827 g/mol. The molecule has 2 unspecified atom stereocenters. The van der Waals surface area contributed by atoms with Crippen LogP contribution >= 0.6 is 0 Å². The van der Waals surface area contributed by atoms with Crippen LogP contribution in [0.4, 0.5) is 0 Å².